The van der Waals surface area contributed by atoms with Gasteiger partial charge in [0.15, 0.2) is 0 Å². The second kappa shape index (κ2) is 4.93. The van der Waals surface area contributed by atoms with Crippen LogP contribution in [0.1, 0.15) is 5.56 Å². The molecule has 0 saturated carbocycles. The second-order valence-electron chi connectivity index (χ2n) is 2.36. The van der Waals surface area contributed by atoms with Crippen molar-refractivity contribution < 1.29 is 9.18 Å². The summed E-state index contributed by atoms with van der Waals surface area (Å²) in [4.78, 5) is 10.5. The van der Waals surface area contributed by atoms with E-state index in [0.717, 1.165) is 0 Å². The van der Waals surface area contributed by atoms with Gasteiger partial charge in [0.1, 0.15) is 5.82 Å². The quantitative estimate of drug-likeness (QED) is 0.276. The summed E-state index contributed by atoms with van der Waals surface area (Å²) in [6, 6.07) is 5.38. The number of benzene rings is 1. The Morgan fingerprint density at radius 2 is 2.21 bits per heavy atom. The molecule has 1 rings (SSSR count). The third kappa shape index (κ3) is 2.83. The molecule has 0 radical (unpaired) electrons. The summed E-state index contributed by atoms with van der Waals surface area (Å²) < 4.78 is 13.0. The van der Waals surface area contributed by atoms with Crippen molar-refractivity contribution in [1.82, 2.24) is 10.9 Å². The molecule has 0 aliphatic rings. The molecule has 6 heteroatoms. The van der Waals surface area contributed by atoms with Gasteiger partial charge in [0, 0.05) is 5.56 Å². The Hall–Kier alpha value is -1.95. The minimum Gasteiger partial charge on any atom is -0.274 e. The van der Waals surface area contributed by atoms with E-state index >= 15 is 0 Å². The summed E-state index contributed by atoms with van der Waals surface area (Å²) in [7, 11) is 0. The molecule has 0 aliphatic carbocycles. The zero-order valence-electron chi connectivity index (χ0n) is 7.20. The number of rotatable bonds is 2. The Morgan fingerprint density at radius 1 is 1.50 bits per heavy atom. The molecule has 0 atom stereocenters. The van der Waals surface area contributed by atoms with Gasteiger partial charge in [0.05, 0.1) is 6.21 Å². The van der Waals surface area contributed by atoms with Gasteiger partial charge < -0.3 is 0 Å². The summed E-state index contributed by atoms with van der Waals surface area (Å²) >= 11 is 0. The lowest BCUT2D eigenvalue weighted by Gasteiger charge is -1.96. The van der Waals surface area contributed by atoms with E-state index in [1.807, 2.05) is 10.9 Å². The lowest BCUT2D eigenvalue weighted by atomic mass is 10.2. The molecule has 0 aliphatic heterocycles. The van der Waals surface area contributed by atoms with E-state index in [-0.39, 0.29) is 5.56 Å². The minimum atomic E-state index is -0.669. The van der Waals surface area contributed by atoms with Crippen LogP contribution in [0.4, 0.5) is 9.18 Å². The Bertz CT molecular complexity index is 353. The normalized spacial score (nSPS) is 10.1. The standard InChI is InChI=1S/C8H9FN4O/c9-7-4-2-1-3-6(7)5-11-13-8(14)12-10/h1-5H,10H2,(H2,12,13,14)/b11-5+. The smallest absolute Gasteiger partial charge is 0.274 e. The van der Waals surface area contributed by atoms with Crippen LogP contribution in [-0.4, -0.2) is 12.2 Å². The molecule has 5 nitrogen and oxygen atoms in total. The van der Waals surface area contributed by atoms with Crippen LogP contribution in [0.2, 0.25) is 0 Å². The van der Waals surface area contributed by atoms with Crippen LogP contribution < -0.4 is 16.7 Å². The lowest BCUT2D eigenvalue weighted by molar-refractivity contribution is 0.241. The van der Waals surface area contributed by atoms with Gasteiger partial charge in [-0.15, -0.1) is 0 Å². The van der Waals surface area contributed by atoms with Gasteiger partial charge in [-0.3, -0.25) is 5.43 Å². The largest absolute Gasteiger partial charge is 0.349 e. The fourth-order valence-electron chi connectivity index (χ4n) is 0.773. The molecule has 0 unspecified atom stereocenters. The predicted octanol–water partition coefficient (Wildman–Crippen LogP) is 0.333. The number of urea groups is 1. The molecule has 0 aromatic heterocycles. The number of halogens is 1. The number of hydrazine groups is 1. The summed E-state index contributed by atoms with van der Waals surface area (Å²) in [5.74, 6) is 4.36. The van der Waals surface area contributed by atoms with Crippen molar-refractivity contribution >= 4 is 12.2 Å². The highest BCUT2D eigenvalue weighted by Crippen LogP contribution is 2.02. The van der Waals surface area contributed by atoms with Gasteiger partial charge in [-0.2, -0.15) is 5.10 Å². The van der Waals surface area contributed by atoms with E-state index in [1.165, 1.54) is 18.3 Å². The fraction of sp³-hybridized carbons (Fsp3) is 0. The first-order valence-corrected chi connectivity index (χ1v) is 3.78. The Kier molecular flexibility index (Phi) is 3.57. The fourth-order valence-corrected chi connectivity index (χ4v) is 0.773. The van der Waals surface area contributed by atoms with Gasteiger partial charge in [-0.05, 0) is 6.07 Å². The molecule has 14 heavy (non-hydrogen) atoms. The van der Waals surface area contributed by atoms with Gasteiger partial charge >= 0.3 is 6.03 Å². The first-order chi connectivity index (χ1) is 6.74. The second-order valence-corrected chi connectivity index (χ2v) is 2.36. The number of hydrazone groups is 1. The number of nitrogens with one attached hydrogen (secondary N) is 2. The molecule has 74 valence electrons. The van der Waals surface area contributed by atoms with Crippen molar-refractivity contribution in [3.8, 4) is 0 Å². The monoisotopic (exact) mass is 196 g/mol. The van der Waals surface area contributed by atoms with E-state index < -0.39 is 11.8 Å². The molecule has 0 heterocycles. The molecule has 1 aromatic carbocycles. The van der Waals surface area contributed by atoms with Crippen molar-refractivity contribution in [2.75, 3.05) is 0 Å². The first kappa shape index (κ1) is 10.1. The van der Waals surface area contributed by atoms with Crippen LogP contribution in [0.15, 0.2) is 29.4 Å². The molecule has 1 aromatic rings. The number of hydrogen-bond acceptors (Lipinski definition) is 3. The molecule has 0 bridgehead atoms. The molecular weight excluding hydrogens is 187 g/mol. The first-order valence-electron chi connectivity index (χ1n) is 3.78. The van der Waals surface area contributed by atoms with Crippen molar-refractivity contribution in [2.24, 2.45) is 10.9 Å². The third-order valence-electron chi connectivity index (χ3n) is 1.41. The van der Waals surface area contributed by atoms with Crippen molar-refractivity contribution in [2.45, 2.75) is 0 Å². The van der Waals surface area contributed by atoms with Gasteiger partial charge in [0.2, 0.25) is 0 Å². The third-order valence-corrected chi connectivity index (χ3v) is 1.41. The average molecular weight is 196 g/mol. The van der Waals surface area contributed by atoms with E-state index in [0.29, 0.717) is 0 Å². The highest BCUT2D eigenvalue weighted by molar-refractivity contribution is 5.81. The van der Waals surface area contributed by atoms with Crippen LogP contribution >= 0.6 is 0 Å². The van der Waals surface area contributed by atoms with Crippen LogP contribution in [0, 0.1) is 5.82 Å². The number of carbonyl (C=O) groups is 1. The number of nitrogens with two attached hydrogens (primary N) is 1. The zero-order chi connectivity index (χ0) is 10.4. The summed E-state index contributed by atoms with van der Waals surface area (Å²) in [6.07, 6.45) is 1.19. The zero-order valence-corrected chi connectivity index (χ0v) is 7.20. The molecule has 0 spiro atoms. The molecule has 0 fully saturated rings. The van der Waals surface area contributed by atoms with Crippen molar-refractivity contribution in [1.29, 1.82) is 0 Å². The summed E-state index contributed by atoms with van der Waals surface area (Å²) in [5.41, 5.74) is 4.13. The van der Waals surface area contributed by atoms with Crippen LogP contribution in [-0.2, 0) is 0 Å². The van der Waals surface area contributed by atoms with E-state index in [2.05, 4.69) is 5.10 Å². The van der Waals surface area contributed by atoms with Crippen molar-refractivity contribution in [3.63, 3.8) is 0 Å². The van der Waals surface area contributed by atoms with Crippen LogP contribution in [0.5, 0.6) is 0 Å². The predicted molar refractivity (Wildman–Crippen MR) is 49.8 cm³/mol. The molecule has 2 amide bonds. The Morgan fingerprint density at radius 3 is 2.86 bits per heavy atom. The minimum absolute atomic E-state index is 0.282. The molecular formula is C8H9FN4O. The topological polar surface area (TPSA) is 79.5 Å². The molecule has 4 N–H and O–H groups in total. The van der Waals surface area contributed by atoms with Crippen molar-refractivity contribution in [3.05, 3.63) is 35.6 Å². The SMILES string of the molecule is NNC(=O)N/N=C/c1ccccc1F. The van der Waals surface area contributed by atoms with E-state index in [9.17, 15) is 9.18 Å². The lowest BCUT2D eigenvalue weighted by Crippen LogP contribution is -2.37. The number of nitrogens with zero attached hydrogens (tertiary/aromatic N) is 1. The highest BCUT2D eigenvalue weighted by atomic mass is 19.1. The highest BCUT2D eigenvalue weighted by Gasteiger charge is 1.96. The van der Waals surface area contributed by atoms with Gasteiger partial charge in [0.25, 0.3) is 0 Å². The number of carbonyl (C=O) groups excluding carboxylic acids is 1. The Balaban J connectivity index is 2.60. The summed E-state index contributed by atoms with van der Waals surface area (Å²) in [6.45, 7) is 0. The number of hydrogen-bond donors (Lipinski definition) is 3. The maximum atomic E-state index is 13.0. The average Bonchev–Trinajstić information content (AvgIpc) is 2.20. The van der Waals surface area contributed by atoms with E-state index in [4.69, 9.17) is 5.84 Å². The Labute approximate surface area is 79.8 Å². The van der Waals surface area contributed by atoms with E-state index in [1.54, 1.807) is 12.1 Å². The maximum absolute atomic E-state index is 13.0. The van der Waals surface area contributed by atoms with Gasteiger partial charge in [-0.25, -0.2) is 20.5 Å². The number of amides is 2. The summed E-state index contributed by atoms with van der Waals surface area (Å²) in [5, 5.41) is 3.47. The van der Waals surface area contributed by atoms with Crippen LogP contribution in [0.3, 0.4) is 0 Å². The molecule has 0 saturated heterocycles. The van der Waals surface area contributed by atoms with Crippen LogP contribution in [0.25, 0.3) is 0 Å². The van der Waals surface area contributed by atoms with Gasteiger partial charge in [-0.1, -0.05) is 18.2 Å². The maximum Gasteiger partial charge on any atom is 0.349 e.